The minimum absolute atomic E-state index is 0.162. The van der Waals surface area contributed by atoms with Crippen LogP contribution in [0.5, 0.6) is 11.5 Å². The van der Waals surface area contributed by atoms with Crippen LogP contribution in [0, 0.1) is 13.8 Å². The molecule has 4 nitrogen and oxygen atoms in total. The van der Waals surface area contributed by atoms with E-state index in [1.807, 2.05) is 6.20 Å². The third kappa shape index (κ3) is 3.74. The van der Waals surface area contributed by atoms with Gasteiger partial charge < -0.3 is 14.8 Å². The molecule has 5 heteroatoms. The maximum absolute atomic E-state index is 5.52. The largest absolute Gasteiger partial charge is 0.454 e. The molecule has 4 rings (SSSR count). The van der Waals surface area contributed by atoms with Crippen LogP contribution in [0.3, 0.4) is 0 Å². The van der Waals surface area contributed by atoms with Gasteiger partial charge in [-0.15, -0.1) is 0 Å². The Labute approximate surface area is 157 Å². The summed E-state index contributed by atoms with van der Waals surface area (Å²) in [6.07, 6.45) is 2.85. The second-order valence-electron chi connectivity index (χ2n) is 6.66. The van der Waals surface area contributed by atoms with Crippen molar-refractivity contribution >= 4 is 11.3 Å². The molecule has 2 aromatic heterocycles. The molecule has 1 aliphatic rings. The normalized spacial score (nSPS) is 13.8. The summed E-state index contributed by atoms with van der Waals surface area (Å²) in [5, 5.41) is 8.01. The van der Waals surface area contributed by atoms with Gasteiger partial charge in [-0.25, -0.2) is 0 Å². The summed E-state index contributed by atoms with van der Waals surface area (Å²) < 4.78 is 11.0. The number of rotatable bonds is 6. The Morgan fingerprint density at radius 2 is 2.00 bits per heavy atom. The van der Waals surface area contributed by atoms with Crippen LogP contribution >= 0.6 is 11.3 Å². The van der Waals surface area contributed by atoms with Gasteiger partial charge in [0.25, 0.3) is 0 Å². The average Bonchev–Trinajstić information content (AvgIpc) is 3.30. The summed E-state index contributed by atoms with van der Waals surface area (Å²) in [4.78, 5) is 4.65. The van der Waals surface area contributed by atoms with Gasteiger partial charge in [0.1, 0.15) is 0 Å². The smallest absolute Gasteiger partial charge is 0.231 e. The molecule has 26 heavy (non-hydrogen) atoms. The average molecular weight is 366 g/mol. The Kier molecular flexibility index (Phi) is 4.91. The van der Waals surface area contributed by atoms with Gasteiger partial charge in [-0.05, 0) is 77.5 Å². The van der Waals surface area contributed by atoms with Crippen LogP contribution in [-0.4, -0.2) is 11.8 Å². The van der Waals surface area contributed by atoms with Crippen LogP contribution < -0.4 is 14.8 Å². The second-order valence-corrected chi connectivity index (χ2v) is 7.44. The number of pyridine rings is 1. The van der Waals surface area contributed by atoms with Gasteiger partial charge in [-0.1, -0.05) is 6.07 Å². The van der Waals surface area contributed by atoms with E-state index in [0.29, 0.717) is 6.79 Å². The maximum atomic E-state index is 5.52. The lowest BCUT2D eigenvalue weighted by Gasteiger charge is -2.19. The third-order valence-electron chi connectivity index (χ3n) is 4.68. The number of nitrogens with one attached hydrogen (secondary N) is 1. The lowest BCUT2D eigenvalue weighted by Crippen LogP contribution is -2.24. The maximum Gasteiger partial charge on any atom is 0.231 e. The van der Waals surface area contributed by atoms with E-state index >= 15 is 0 Å². The molecule has 0 saturated heterocycles. The zero-order chi connectivity index (χ0) is 17.9. The quantitative estimate of drug-likeness (QED) is 0.694. The molecular formula is C21H22N2O2S. The number of nitrogens with zero attached hydrogens (tertiary/aromatic N) is 1. The highest BCUT2D eigenvalue weighted by molar-refractivity contribution is 7.07. The molecule has 1 N–H and O–H groups in total. The van der Waals surface area contributed by atoms with Crippen molar-refractivity contribution in [1.29, 1.82) is 0 Å². The van der Waals surface area contributed by atoms with Gasteiger partial charge in [-0.3, -0.25) is 4.98 Å². The fraction of sp³-hybridized carbons (Fsp3) is 0.286. The van der Waals surface area contributed by atoms with Gasteiger partial charge in [0.15, 0.2) is 11.5 Å². The van der Waals surface area contributed by atoms with E-state index in [0.717, 1.165) is 30.2 Å². The van der Waals surface area contributed by atoms with E-state index in [2.05, 4.69) is 65.2 Å². The van der Waals surface area contributed by atoms with Crippen molar-refractivity contribution < 1.29 is 9.47 Å². The highest BCUT2D eigenvalue weighted by atomic mass is 32.1. The SMILES string of the molecule is Cc1ccc(C(Cc2ccsc2)NCc2cc3c(cc2C)OCO3)nc1. The standard InChI is InChI=1S/C21H22N2O2S/c1-14-3-4-18(22-10-14)19(8-16-5-6-26-12-16)23-11-17-9-21-20(7-15(17)2)24-13-25-21/h3-7,9-10,12,19,23H,8,11,13H2,1-2H3. The van der Waals surface area contributed by atoms with E-state index < -0.39 is 0 Å². The summed E-state index contributed by atoms with van der Waals surface area (Å²) >= 11 is 1.73. The van der Waals surface area contributed by atoms with E-state index in [-0.39, 0.29) is 6.04 Å². The monoisotopic (exact) mass is 366 g/mol. The Bertz CT molecular complexity index is 876. The number of aryl methyl sites for hydroxylation is 2. The fourth-order valence-corrected chi connectivity index (χ4v) is 3.80. The van der Waals surface area contributed by atoms with Crippen LogP contribution in [-0.2, 0) is 13.0 Å². The van der Waals surface area contributed by atoms with E-state index in [9.17, 15) is 0 Å². The van der Waals surface area contributed by atoms with Crippen LogP contribution in [0.15, 0.2) is 47.3 Å². The summed E-state index contributed by atoms with van der Waals surface area (Å²) in [7, 11) is 0. The number of ether oxygens (including phenoxy) is 2. The lowest BCUT2D eigenvalue weighted by atomic mass is 10.0. The first kappa shape index (κ1) is 17.1. The Balaban J connectivity index is 1.54. The topological polar surface area (TPSA) is 43.4 Å². The zero-order valence-corrected chi connectivity index (χ0v) is 15.8. The van der Waals surface area contributed by atoms with Gasteiger partial charge in [-0.2, -0.15) is 11.3 Å². The molecule has 0 bridgehead atoms. The van der Waals surface area contributed by atoms with Gasteiger partial charge >= 0.3 is 0 Å². The van der Waals surface area contributed by atoms with Crippen LogP contribution in [0.2, 0.25) is 0 Å². The molecule has 1 atom stereocenters. The molecule has 3 heterocycles. The first-order valence-corrected chi connectivity index (χ1v) is 9.69. The molecule has 0 amide bonds. The predicted molar refractivity (Wildman–Crippen MR) is 104 cm³/mol. The van der Waals surface area contributed by atoms with Crippen molar-refractivity contribution in [3.63, 3.8) is 0 Å². The predicted octanol–water partition coefficient (Wildman–Crippen LogP) is 4.56. The highest BCUT2D eigenvalue weighted by Crippen LogP contribution is 2.34. The molecular weight excluding hydrogens is 344 g/mol. The van der Waals surface area contributed by atoms with Crippen LogP contribution in [0.25, 0.3) is 0 Å². The number of fused-ring (bicyclic) bond motifs is 1. The Morgan fingerprint density at radius 1 is 1.15 bits per heavy atom. The van der Waals surface area contributed by atoms with Crippen molar-refractivity contribution in [2.24, 2.45) is 0 Å². The fourth-order valence-electron chi connectivity index (χ4n) is 3.12. The second kappa shape index (κ2) is 7.48. The van der Waals surface area contributed by atoms with E-state index in [4.69, 9.17) is 9.47 Å². The van der Waals surface area contributed by atoms with Crippen molar-refractivity contribution in [1.82, 2.24) is 10.3 Å². The third-order valence-corrected chi connectivity index (χ3v) is 5.41. The molecule has 0 radical (unpaired) electrons. The summed E-state index contributed by atoms with van der Waals surface area (Å²) in [5.74, 6) is 1.66. The minimum Gasteiger partial charge on any atom is -0.454 e. The van der Waals surface area contributed by atoms with E-state index in [1.54, 1.807) is 11.3 Å². The van der Waals surface area contributed by atoms with E-state index in [1.165, 1.54) is 22.3 Å². The Morgan fingerprint density at radius 3 is 2.73 bits per heavy atom. The highest BCUT2D eigenvalue weighted by Gasteiger charge is 2.18. The number of aromatic nitrogens is 1. The molecule has 0 saturated carbocycles. The minimum atomic E-state index is 0.162. The Hall–Kier alpha value is -2.37. The van der Waals surface area contributed by atoms with Crippen LogP contribution in [0.4, 0.5) is 0 Å². The first-order chi connectivity index (χ1) is 12.7. The number of benzene rings is 1. The molecule has 134 valence electrons. The van der Waals surface area contributed by atoms with Crippen molar-refractivity contribution in [2.45, 2.75) is 32.9 Å². The number of thiophene rings is 1. The van der Waals surface area contributed by atoms with Crippen molar-refractivity contribution in [3.05, 3.63) is 75.2 Å². The van der Waals surface area contributed by atoms with Gasteiger partial charge in [0, 0.05) is 12.7 Å². The lowest BCUT2D eigenvalue weighted by molar-refractivity contribution is 0.174. The number of hydrogen-bond donors (Lipinski definition) is 1. The first-order valence-electron chi connectivity index (χ1n) is 8.75. The van der Waals surface area contributed by atoms with Crippen LogP contribution in [0.1, 0.15) is 34.0 Å². The summed E-state index contributed by atoms with van der Waals surface area (Å²) in [6, 6.07) is 10.7. The molecule has 1 aliphatic heterocycles. The summed E-state index contributed by atoms with van der Waals surface area (Å²) in [6.45, 7) is 5.23. The van der Waals surface area contributed by atoms with Crippen molar-refractivity contribution in [3.8, 4) is 11.5 Å². The zero-order valence-electron chi connectivity index (χ0n) is 15.0. The molecule has 1 unspecified atom stereocenters. The van der Waals surface area contributed by atoms with Gasteiger partial charge in [0.2, 0.25) is 6.79 Å². The number of hydrogen-bond acceptors (Lipinski definition) is 5. The van der Waals surface area contributed by atoms with Crippen molar-refractivity contribution in [2.75, 3.05) is 6.79 Å². The molecule has 0 fully saturated rings. The summed E-state index contributed by atoms with van der Waals surface area (Å²) in [5.41, 5.74) is 6.00. The molecule has 0 aliphatic carbocycles. The molecule has 1 aromatic carbocycles. The molecule has 0 spiro atoms. The van der Waals surface area contributed by atoms with Gasteiger partial charge in [0.05, 0.1) is 11.7 Å². The molecule has 3 aromatic rings.